The summed E-state index contributed by atoms with van der Waals surface area (Å²) in [5, 5.41) is 10.4. The molecule has 1 aromatic heterocycles. The van der Waals surface area contributed by atoms with Crippen LogP contribution < -0.4 is 4.90 Å². The van der Waals surface area contributed by atoms with Gasteiger partial charge in [0.15, 0.2) is 0 Å². The van der Waals surface area contributed by atoms with E-state index in [0.29, 0.717) is 6.04 Å². The number of anilines is 1. The van der Waals surface area contributed by atoms with Crippen LogP contribution in [0.1, 0.15) is 31.0 Å². The van der Waals surface area contributed by atoms with E-state index in [1.54, 1.807) is 0 Å². The molecule has 24 heavy (non-hydrogen) atoms. The van der Waals surface area contributed by atoms with Crippen LogP contribution in [0.25, 0.3) is 10.9 Å². The summed E-state index contributed by atoms with van der Waals surface area (Å²) in [6, 6.07) is 9.09. The number of hydrogen-bond donors (Lipinski definition) is 1. The van der Waals surface area contributed by atoms with Gasteiger partial charge in [-0.05, 0) is 44.9 Å². The first-order chi connectivity index (χ1) is 11.7. The molecule has 1 fully saturated rings. The highest BCUT2D eigenvalue weighted by atomic mass is 16.3. The molecule has 0 aliphatic carbocycles. The Morgan fingerprint density at radius 1 is 1.25 bits per heavy atom. The monoisotopic (exact) mass is 327 g/mol. The van der Waals surface area contributed by atoms with Crippen molar-refractivity contribution in [1.82, 2.24) is 9.88 Å². The molecule has 0 bridgehead atoms. The van der Waals surface area contributed by atoms with Crippen molar-refractivity contribution in [2.45, 2.75) is 39.2 Å². The van der Waals surface area contributed by atoms with E-state index in [9.17, 15) is 0 Å². The lowest BCUT2D eigenvalue weighted by atomic mass is 9.98. The van der Waals surface area contributed by atoms with Gasteiger partial charge in [-0.1, -0.05) is 25.1 Å². The quantitative estimate of drug-likeness (QED) is 0.916. The third-order valence-corrected chi connectivity index (χ3v) is 5.38. The minimum atomic E-state index is 0.241. The fourth-order valence-electron chi connectivity index (χ4n) is 4.01. The maximum absolute atomic E-state index is 9.16. The number of para-hydroxylation sites is 1. The van der Waals surface area contributed by atoms with Crippen LogP contribution in [0.3, 0.4) is 0 Å². The second kappa shape index (κ2) is 7.49. The molecule has 3 rings (SSSR count). The van der Waals surface area contributed by atoms with E-state index in [2.05, 4.69) is 55.0 Å². The smallest absolute Gasteiger partial charge is 0.0726 e. The number of likely N-dealkylation sites (N-methyl/N-ethyl adjacent to an activating group) is 1. The summed E-state index contributed by atoms with van der Waals surface area (Å²) in [5.74, 6) is 0. The molecule has 2 aromatic rings. The summed E-state index contributed by atoms with van der Waals surface area (Å²) in [7, 11) is 2.13. The van der Waals surface area contributed by atoms with Crippen molar-refractivity contribution in [3.63, 3.8) is 0 Å². The molecule has 2 heterocycles. The zero-order chi connectivity index (χ0) is 17.1. The average Bonchev–Trinajstić information content (AvgIpc) is 2.61. The lowest BCUT2D eigenvalue weighted by Crippen LogP contribution is -2.44. The number of benzene rings is 1. The standard InChI is InChI=1S/C20H29N3O/c1-4-17-15(2)21-19-8-6-5-7-18(19)20(17)23-11-9-16(10-12-23)22(3)13-14-24/h5-8,16,24H,4,9-14H2,1-3H3. The van der Waals surface area contributed by atoms with Gasteiger partial charge < -0.3 is 14.9 Å². The Balaban J connectivity index is 1.90. The lowest BCUT2D eigenvalue weighted by Gasteiger charge is -2.39. The minimum Gasteiger partial charge on any atom is -0.395 e. The summed E-state index contributed by atoms with van der Waals surface area (Å²) < 4.78 is 0. The second-order valence-corrected chi connectivity index (χ2v) is 6.82. The number of aromatic nitrogens is 1. The molecule has 1 aliphatic rings. The van der Waals surface area contributed by atoms with Crippen LogP contribution >= 0.6 is 0 Å². The Hall–Kier alpha value is -1.65. The molecule has 0 saturated carbocycles. The van der Waals surface area contributed by atoms with E-state index >= 15 is 0 Å². The summed E-state index contributed by atoms with van der Waals surface area (Å²) >= 11 is 0. The van der Waals surface area contributed by atoms with Gasteiger partial charge in [0, 0.05) is 36.8 Å². The molecule has 0 unspecified atom stereocenters. The molecule has 130 valence electrons. The Bertz CT molecular complexity index is 693. The lowest BCUT2D eigenvalue weighted by molar-refractivity contribution is 0.162. The average molecular weight is 327 g/mol. The summed E-state index contributed by atoms with van der Waals surface area (Å²) in [6.45, 7) is 7.51. The van der Waals surface area contributed by atoms with Crippen molar-refractivity contribution in [2.75, 3.05) is 38.2 Å². The molecular formula is C20H29N3O. The first-order valence-electron chi connectivity index (χ1n) is 9.10. The van der Waals surface area contributed by atoms with Gasteiger partial charge in [-0.2, -0.15) is 0 Å². The fraction of sp³-hybridized carbons (Fsp3) is 0.550. The van der Waals surface area contributed by atoms with Crippen LogP contribution in [0.15, 0.2) is 24.3 Å². The Labute approximate surface area is 145 Å². The molecule has 1 aromatic carbocycles. The van der Waals surface area contributed by atoms with E-state index in [4.69, 9.17) is 10.1 Å². The highest BCUT2D eigenvalue weighted by molar-refractivity contribution is 5.94. The Morgan fingerprint density at radius 3 is 2.62 bits per heavy atom. The summed E-state index contributed by atoms with van der Waals surface area (Å²) in [6.07, 6.45) is 3.31. The number of piperidine rings is 1. The van der Waals surface area contributed by atoms with Crippen LogP contribution in [-0.2, 0) is 6.42 Å². The second-order valence-electron chi connectivity index (χ2n) is 6.82. The van der Waals surface area contributed by atoms with Gasteiger partial charge in [-0.3, -0.25) is 4.98 Å². The maximum Gasteiger partial charge on any atom is 0.0726 e. The number of hydrogen-bond acceptors (Lipinski definition) is 4. The number of aryl methyl sites for hydroxylation is 1. The van der Waals surface area contributed by atoms with Crippen molar-refractivity contribution in [2.24, 2.45) is 0 Å². The molecular weight excluding hydrogens is 298 g/mol. The molecule has 0 atom stereocenters. The SMILES string of the molecule is CCc1c(C)nc2ccccc2c1N1CCC(N(C)CCO)CC1. The third-order valence-electron chi connectivity index (χ3n) is 5.38. The number of rotatable bonds is 5. The van der Waals surface area contributed by atoms with Crippen LogP contribution in [0.5, 0.6) is 0 Å². The topological polar surface area (TPSA) is 39.6 Å². The number of nitrogens with zero attached hydrogens (tertiary/aromatic N) is 3. The molecule has 4 heteroatoms. The van der Waals surface area contributed by atoms with Gasteiger partial charge in [-0.15, -0.1) is 0 Å². The molecule has 1 N–H and O–H groups in total. The van der Waals surface area contributed by atoms with Gasteiger partial charge in [0.1, 0.15) is 0 Å². The van der Waals surface area contributed by atoms with Crippen molar-refractivity contribution in [3.8, 4) is 0 Å². The van der Waals surface area contributed by atoms with E-state index in [1.165, 1.54) is 16.6 Å². The zero-order valence-electron chi connectivity index (χ0n) is 15.1. The molecule has 4 nitrogen and oxygen atoms in total. The highest BCUT2D eigenvalue weighted by Gasteiger charge is 2.25. The molecule has 0 amide bonds. The minimum absolute atomic E-state index is 0.241. The van der Waals surface area contributed by atoms with Crippen LogP contribution in [-0.4, -0.2) is 54.3 Å². The number of pyridine rings is 1. The molecule has 0 radical (unpaired) electrons. The van der Waals surface area contributed by atoms with Crippen LogP contribution in [0.2, 0.25) is 0 Å². The van der Waals surface area contributed by atoms with Crippen molar-refractivity contribution >= 4 is 16.6 Å². The normalized spacial score (nSPS) is 16.3. The number of fused-ring (bicyclic) bond motifs is 1. The van der Waals surface area contributed by atoms with Crippen molar-refractivity contribution in [1.29, 1.82) is 0 Å². The van der Waals surface area contributed by atoms with E-state index < -0.39 is 0 Å². The zero-order valence-corrected chi connectivity index (χ0v) is 15.1. The predicted octanol–water partition coefficient (Wildman–Crippen LogP) is 3.00. The molecule has 1 aliphatic heterocycles. The first-order valence-corrected chi connectivity index (χ1v) is 9.10. The highest BCUT2D eigenvalue weighted by Crippen LogP contribution is 2.34. The molecule has 1 saturated heterocycles. The van der Waals surface area contributed by atoms with Gasteiger partial charge >= 0.3 is 0 Å². The fourth-order valence-corrected chi connectivity index (χ4v) is 4.01. The number of aliphatic hydroxyl groups excluding tert-OH is 1. The first kappa shape index (κ1) is 17.2. The Kier molecular flexibility index (Phi) is 5.36. The number of aliphatic hydroxyl groups is 1. The van der Waals surface area contributed by atoms with Gasteiger partial charge in [-0.25, -0.2) is 0 Å². The Morgan fingerprint density at radius 2 is 1.96 bits per heavy atom. The van der Waals surface area contributed by atoms with Gasteiger partial charge in [0.25, 0.3) is 0 Å². The van der Waals surface area contributed by atoms with Crippen LogP contribution in [0.4, 0.5) is 5.69 Å². The maximum atomic E-state index is 9.16. The third kappa shape index (κ3) is 3.26. The molecule has 0 spiro atoms. The van der Waals surface area contributed by atoms with Crippen molar-refractivity contribution in [3.05, 3.63) is 35.5 Å². The van der Waals surface area contributed by atoms with E-state index in [0.717, 1.165) is 50.1 Å². The van der Waals surface area contributed by atoms with Crippen LogP contribution in [0, 0.1) is 6.92 Å². The largest absolute Gasteiger partial charge is 0.395 e. The summed E-state index contributed by atoms with van der Waals surface area (Å²) in [4.78, 5) is 9.66. The predicted molar refractivity (Wildman–Crippen MR) is 101 cm³/mol. The van der Waals surface area contributed by atoms with Gasteiger partial charge in [0.05, 0.1) is 17.8 Å². The van der Waals surface area contributed by atoms with Crippen molar-refractivity contribution < 1.29 is 5.11 Å². The summed E-state index contributed by atoms with van der Waals surface area (Å²) in [5.41, 5.74) is 5.03. The van der Waals surface area contributed by atoms with E-state index in [-0.39, 0.29) is 6.61 Å². The van der Waals surface area contributed by atoms with E-state index in [1.807, 2.05) is 0 Å². The van der Waals surface area contributed by atoms with Gasteiger partial charge in [0.2, 0.25) is 0 Å².